The number of pyridine rings is 1. The third kappa shape index (κ3) is 4.59. The minimum Gasteiger partial charge on any atom is -0.468 e. The molecule has 1 aliphatic carbocycles. The van der Waals surface area contributed by atoms with Crippen molar-refractivity contribution < 1.29 is 22.7 Å². The van der Waals surface area contributed by atoms with Crippen LogP contribution in [0.2, 0.25) is 0 Å². The standard InChI is InChI=1S/C16H20F3N3O2/c17-16(18,19)13-2-1-3-15(21-13)24-10-14(23)20-11-6-8-22(9-7-11)12-4-5-12/h1-3,11-12H,4-10H2,(H,20,23). The first kappa shape index (κ1) is 17.0. The van der Waals surface area contributed by atoms with Gasteiger partial charge in [-0.05, 0) is 31.7 Å². The van der Waals surface area contributed by atoms with E-state index in [1.54, 1.807) is 0 Å². The second-order valence-electron chi connectivity index (χ2n) is 6.26. The summed E-state index contributed by atoms with van der Waals surface area (Å²) in [6.07, 6.45) is -0.199. The molecular weight excluding hydrogens is 323 g/mol. The summed E-state index contributed by atoms with van der Waals surface area (Å²) in [6.45, 7) is 1.62. The number of ether oxygens (including phenoxy) is 1. The van der Waals surface area contributed by atoms with Gasteiger partial charge in [0.2, 0.25) is 5.88 Å². The molecule has 2 aliphatic rings. The van der Waals surface area contributed by atoms with E-state index in [-0.39, 0.29) is 24.4 Å². The van der Waals surface area contributed by atoms with Crippen LogP contribution in [0.25, 0.3) is 0 Å². The Labute approximate surface area is 138 Å². The van der Waals surface area contributed by atoms with Crippen molar-refractivity contribution >= 4 is 5.91 Å². The van der Waals surface area contributed by atoms with Crippen LogP contribution in [-0.2, 0) is 11.0 Å². The molecule has 1 aromatic heterocycles. The van der Waals surface area contributed by atoms with Gasteiger partial charge < -0.3 is 15.0 Å². The Hall–Kier alpha value is -1.83. The lowest BCUT2D eigenvalue weighted by atomic mass is 10.0. The molecule has 1 N–H and O–H groups in total. The van der Waals surface area contributed by atoms with Gasteiger partial charge in [0.15, 0.2) is 6.61 Å². The Bertz CT molecular complexity index is 582. The van der Waals surface area contributed by atoms with Gasteiger partial charge in [0, 0.05) is 31.2 Å². The van der Waals surface area contributed by atoms with Crippen molar-refractivity contribution in [2.45, 2.75) is 43.9 Å². The topological polar surface area (TPSA) is 54.5 Å². The molecule has 3 rings (SSSR count). The molecule has 1 aliphatic heterocycles. The number of hydrogen-bond acceptors (Lipinski definition) is 4. The largest absolute Gasteiger partial charge is 0.468 e. The van der Waals surface area contributed by atoms with Crippen LogP contribution in [-0.4, -0.2) is 47.6 Å². The Morgan fingerprint density at radius 2 is 1.96 bits per heavy atom. The molecule has 0 aromatic carbocycles. The maximum Gasteiger partial charge on any atom is 0.433 e. The van der Waals surface area contributed by atoms with E-state index in [0.29, 0.717) is 0 Å². The third-order valence-corrected chi connectivity index (χ3v) is 4.32. The first-order valence-corrected chi connectivity index (χ1v) is 8.12. The fraction of sp³-hybridized carbons (Fsp3) is 0.625. The van der Waals surface area contributed by atoms with Crippen molar-refractivity contribution in [3.05, 3.63) is 23.9 Å². The molecule has 2 heterocycles. The number of likely N-dealkylation sites (tertiary alicyclic amines) is 1. The molecule has 0 atom stereocenters. The van der Waals surface area contributed by atoms with Gasteiger partial charge in [0.25, 0.3) is 5.91 Å². The summed E-state index contributed by atoms with van der Waals surface area (Å²) in [5.74, 6) is -0.539. The monoisotopic (exact) mass is 343 g/mol. The highest BCUT2D eigenvalue weighted by Gasteiger charge is 2.33. The molecule has 24 heavy (non-hydrogen) atoms. The van der Waals surface area contributed by atoms with Crippen LogP contribution in [0.15, 0.2) is 18.2 Å². The lowest BCUT2D eigenvalue weighted by molar-refractivity contribution is -0.141. The molecule has 132 valence electrons. The first-order valence-electron chi connectivity index (χ1n) is 8.12. The maximum absolute atomic E-state index is 12.6. The SMILES string of the molecule is O=C(COc1cccc(C(F)(F)F)n1)NC1CCN(C2CC2)CC1. The highest BCUT2D eigenvalue weighted by atomic mass is 19.4. The molecule has 8 heteroatoms. The van der Waals surface area contributed by atoms with Crippen LogP contribution in [0.3, 0.4) is 0 Å². The van der Waals surface area contributed by atoms with Gasteiger partial charge >= 0.3 is 6.18 Å². The fourth-order valence-corrected chi connectivity index (χ4v) is 2.91. The molecule has 2 fully saturated rings. The Morgan fingerprint density at radius 3 is 2.58 bits per heavy atom. The molecule has 0 bridgehead atoms. The molecule has 0 unspecified atom stereocenters. The van der Waals surface area contributed by atoms with Crippen LogP contribution in [0.4, 0.5) is 13.2 Å². The number of aromatic nitrogens is 1. The summed E-state index contributed by atoms with van der Waals surface area (Å²) >= 11 is 0. The van der Waals surface area contributed by atoms with Crippen molar-refractivity contribution in [1.82, 2.24) is 15.2 Å². The number of hydrogen-bond donors (Lipinski definition) is 1. The van der Waals surface area contributed by atoms with E-state index in [1.807, 2.05) is 0 Å². The van der Waals surface area contributed by atoms with E-state index in [4.69, 9.17) is 4.74 Å². The lowest BCUT2D eigenvalue weighted by Gasteiger charge is -2.32. The van der Waals surface area contributed by atoms with Crippen LogP contribution < -0.4 is 10.1 Å². The summed E-state index contributed by atoms with van der Waals surface area (Å²) in [7, 11) is 0. The molecule has 0 radical (unpaired) electrons. The number of nitrogens with zero attached hydrogens (tertiary/aromatic N) is 2. The number of carbonyl (C=O) groups excluding carboxylic acids is 1. The van der Waals surface area contributed by atoms with E-state index in [2.05, 4.69) is 15.2 Å². The van der Waals surface area contributed by atoms with Crippen LogP contribution in [0.5, 0.6) is 5.88 Å². The van der Waals surface area contributed by atoms with E-state index in [0.717, 1.165) is 38.0 Å². The number of halogens is 3. The maximum atomic E-state index is 12.6. The lowest BCUT2D eigenvalue weighted by Crippen LogP contribution is -2.46. The smallest absolute Gasteiger partial charge is 0.433 e. The van der Waals surface area contributed by atoms with Gasteiger partial charge in [-0.1, -0.05) is 6.07 Å². The zero-order chi connectivity index (χ0) is 17.2. The molecule has 0 spiro atoms. The normalized spacial score (nSPS) is 20.0. The van der Waals surface area contributed by atoms with Gasteiger partial charge in [0.05, 0.1) is 0 Å². The van der Waals surface area contributed by atoms with Gasteiger partial charge in [-0.25, -0.2) is 4.98 Å². The summed E-state index contributed by atoms with van der Waals surface area (Å²) in [6, 6.07) is 4.20. The Balaban J connectivity index is 1.42. The first-order chi connectivity index (χ1) is 11.4. The number of amides is 1. The van der Waals surface area contributed by atoms with Gasteiger partial charge in [-0.2, -0.15) is 13.2 Å². The summed E-state index contributed by atoms with van der Waals surface area (Å²) < 4.78 is 42.8. The Morgan fingerprint density at radius 1 is 1.25 bits per heavy atom. The Kier molecular flexibility index (Phi) is 4.93. The van der Waals surface area contributed by atoms with E-state index >= 15 is 0 Å². The number of rotatable bonds is 5. The van der Waals surface area contributed by atoms with Gasteiger partial charge in [-0.3, -0.25) is 4.79 Å². The van der Waals surface area contributed by atoms with Gasteiger partial charge in [0.1, 0.15) is 5.69 Å². The summed E-state index contributed by atoms with van der Waals surface area (Å²) in [4.78, 5) is 17.7. The minimum absolute atomic E-state index is 0.102. The second kappa shape index (κ2) is 6.96. The van der Waals surface area contributed by atoms with Crippen molar-refractivity contribution in [1.29, 1.82) is 0 Å². The molecule has 5 nitrogen and oxygen atoms in total. The van der Waals surface area contributed by atoms with Crippen molar-refractivity contribution in [3.8, 4) is 5.88 Å². The van der Waals surface area contributed by atoms with Gasteiger partial charge in [-0.15, -0.1) is 0 Å². The molecular formula is C16H20F3N3O2. The fourth-order valence-electron chi connectivity index (χ4n) is 2.91. The summed E-state index contributed by atoms with van der Waals surface area (Å²) in [5, 5.41) is 2.87. The zero-order valence-corrected chi connectivity index (χ0v) is 13.2. The van der Waals surface area contributed by atoms with Crippen molar-refractivity contribution in [2.75, 3.05) is 19.7 Å². The second-order valence-corrected chi connectivity index (χ2v) is 6.26. The molecule has 1 aromatic rings. The predicted molar refractivity (Wildman–Crippen MR) is 80.5 cm³/mol. The molecule has 1 saturated carbocycles. The quantitative estimate of drug-likeness (QED) is 0.891. The highest BCUT2D eigenvalue weighted by molar-refractivity contribution is 5.77. The van der Waals surface area contributed by atoms with E-state index in [1.165, 1.54) is 25.0 Å². The molecule has 1 saturated heterocycles. The van der Waals surface area contributed by atoms with Crippen molar-refractivity contribution in [2.24, 2.45) is 0 Å². The average Bonchev–Trinajstić information content (AvgIpc) is 3.38. The molecule has 1 amide bonds. The highest BCUT2D eigenvalue weighted by Crippen LogP contribution is 2.29. The predicted octanol–water partition coefficient (Wildman–Crippen LogP) is 2.22. The van der Waals surface area contributed by atoms with Crippen LogP contribution in [0, 0.1) is 0 Å². The van der Waals surface area contributed by atoms with Crippen LogP contribution in [0.1, 0.15) is 31.4 Å². The average molecular weight is 343 g/mol. The number of alkyl halides is 3. The zero-order valence-electron chi connectivity index (χ0n) is 13.2. The number of carbonyl (C=O) groups is 1. The van der Waals surface area contributed by atoms with E-state index < -0.39 is 11.9 Å². The minimum atomic E-state index is -4.53. The number of piperidine rings is 1. The number of nitrogens with one attached hydrogen (secondary N) is 1. The third-order valence-electron chi connectivity index (χ3n) is 4.32. The van der Waals surface area contributed by atoms with Crippen molar-refractivity contribution in [3.63, 3.8) is 0 Å². The summed E-state index contributed by atoms with van der Waals surface area (Å²) in [5.41, 5.74) is -1.03. The van der Waals surface area contributed by atoms with E-state index in [9.17, 15) is 18.0 Å². The van der Waals surface area contributed by atoms with Crippen LogP contribution >= 0.6 is 0 Å².